The number of hydrogen-bond donors (Lipinski definition) is 0. The van der Waals surface area contributed by atoms with Crippen LogP contribution in [0.1, 0.15) is 28.5 Å². The zero-order valence-electron chi connectivity index (χ0n) is 14.0. The van der Waals surface area contributed by atoms with Gasteiger partial charge >= 0.3 is 5.97 Å². The predicted molar refractivity (Wildman–Crippen MR) is 92.2 cm³/mol. The first kappa shape index (κ1) is 16.8. The van der Waals surface area contributed by atoms with Gasteiger partial charge in [-0.05, 0) is 43.7 Å². The van der Waals surface area contributed by atoms with Crippen molar-refractivity contribution < 1.29 is 13.9 Å². The van der Waals surface area contributed by atoms with Gasteiger partial charge in [0, 0.05) is 6.20 Å². The van der Waals surface area contributed by atoms with E-state index in [0.717, 1.165) is 0 Å². The molecule has 2 heterocycles. The number of halogens is 1. The lowest BCUT2D eigenvalue weighted by Gasteiger charge is -2.10. The van der Waals surface area contributed by atoms with Crippen molar-refractivity contribution in [2.24, 2.45) is 0 Å². The Morgan fingerprint density at radius 1 is 1.28 bits per heavy atom. The van der Waals surface area contributed by atoms with E-state index in [9.17, 15) is 14.0 Å². The van der Waals surface area contributed by atoms with Gasteiger partial charge in [-0.3, -0.25) is 9.78 Å². The van der Waals surface area contributed by atoms with Crippen LogP contribution in [-0.2, 0) is 11.3 Å². The van der Waals surface area contributed by atoms with E-state index in [1.807, 2.05) is 0 Å². The quantitative estimate of drug-likeness (QED) is 0.685. The SMILES string of the molecule is CCOC(=O)c1cc2c(=O)n(Cc3cccc(F)c3)ccc2nc1C. The van der Waals surface area contributed by atoms with Crippen molar-refractivity contribution >= 4 is 16.9 Å². The number of carbonyl (C=O) groups is 1. The first-order chi connectivity index (χ1) is 12.0. The summed E-state index contributed by atoms with van der Waals surface area (Å²) in [6.07, 6.45) is 1.62. The van der Waals surface area contributed by atoms with Gasteiger partial charge in [-0.15, -0.1) is 0 Å². The maximum atomic E-state index is 13.3. The van der Waals surface area contributed by atoms with Crippen LogP contribution in [0.4, 0.5) is 4.39 Å². The molecule has 0 saturated heterocycles. The lowest BCUT2D eigenvalue weighted by atomic mass is 10.1. The summed E-state index contributed by atoms with van der Waals surface area (Å²) in [7, 11) is 0. The molecule has 0 N–H and O–H groups in total. The van der Waals surface area contributed by atoms with Crippen LogP contribution >= 0.6 is 0 Å². The largest absolute Gasteiger partial charge is 0.462 e. The molecule has 0 aliphatic rings. The van der Waals surface area contributed by atoms with Crippen molar-refractivity contribution in [1.82, 2.24) is 9.55 Å². The fourth-order valence-electron chi connectivity index (χ4n) is 2.68. The number of hydrogen-bond acceptors (Lipinski definition) is 4. The molecule has 0 aliphatic carbocycles. The fraction of sp³-hybridized carbons (Fsp3) is 0.211. The van der Waals surface area contributed by atoms with Crippen LogP contribution in [0.15, 0.2) is 47.4 Å². The van der Waals surface area contributed by atoms with Crippen LogP contribution < -0.4 is 5.56 Å². The second kappa shape index (κ2) is 6.84. The Morgan fingerprint density at radius 2 is 2.08 bits per heavy atom. The Bertz CT molecular complexity index is 1010. The zero-order chi connectivity index (χ0) is 18.0. The van der Waals surface area contributed by atoms with Crippen LogP contribution in [-0.4, -0.2) is 22.1 Å². The van der Waals surface area contributed by atoms with Crippen LogP contribution in [0.25, 0.3) is 10.9 Å². The van der Waals surface area contributed by atoms with E-state index in [1.165, 1.54) is 22.8 Å². The molecule has 0 spiro atoms. The van der Waals surface area contributed by atoms with Crippen molar-refractivity contribution in [1.29, 1.82) is 0 Å². The number of nitrogens with zero attached hydrogens (tertiary/aromatic N) is 2. The third kappa shape index (κ3) is 3.42. The maximum Gasteiger partial charge on any atom is 0.339 e. The minimum Gasteiger partial charge on any atom is -0.462 e. The average molecular weight is 340 g/mol. The third-order valence-electron chi connectivity index (χ3n) is 3.88. The summed E-state index contributed by atoms with van der Waals surface area (Å²) < 4.78 is 19.8. The summed E-state index contributed by atoms with van der Waals surface area (Å²) >= 11 is 0. The number of esters is 1. The molecule has 5 nitrogen and oxygen atoms in total. The number of aryl methyl sites for hydroxylation is 1. The van der Waals surface area contributed by atoms with E-state index < -0.39 is 5.97 Å². The van der Waals surface area contributed by atoms with Gasteiger partial charge in [0.15, 0.2) is 0 Å². The summed E-state index contributed by atoms with van der Waals surface area (Å²) in [5.74, 6) is -0.859. The van der Waals surface area contributed by atoms with E-state index in [-0.39, 0.29) is 30.1 Å². The summed E-state index contributed by atoms with van der Waals surface area (Å²) in [5, 5.41) is 0.326. The van der Waals surface area contributed by atoms with Crippen LogP contribution in [0, 0.1) is 12.7 Å². The van der Waals surface area contributed by atoms with Gasteiger partial charge in [-0.25, -0.2) is 9.18 Å². The molecule has 0 aliphatic heterocycles. The molecular formula is C19H17FN2O3. The van der Waals surface area contributed by atoms with Crippen LogP contribution in [0.5, 0.6) is 0 Å². The molecular weight excluding hydrogens is 323 g/mol. The minimum absolute atomic E-state index is 0.231. The molecule has 128 valence electrons. The number of ether oxygens (including phenoxy) is 1. The lowest BCUT2D eigenvalue weighted by molar-refractivity contribution is 0.0525. The topological polar surface area (TPSA) is 61.2 Å². The maximum absolute atomic E-state index is 13.3. The van der Waals surface area contributed by atoms with Crippen molar-refractivity contribution in [3.8, 4) is 0 Å². The summed E-state index contributed by atoms with van der Waals surface area (Å²) in [5.41, 5.74) is 1.67. The standard InChI is InChI=1S/C19H17FN2O3/c1-3-25-19(24)15-10-16-17(21-12(15)2)7-8-22(18(16)23)11-13-5-4-6-14(20)9-13/h4-10H,3,11H2,1-2H3. The molecule has 0 fully saturated rings. The molecule has 0 amide bonds. The van der Waals surface area contributed by atoms with Crippen molar-refractivity contribution in [3.05, 3.63) is 75.6 Å². The molecule has 0 atom stereocenters. The lowest BCUT2D eigenvalue weighted by Crippen LogP contribution is -2.21. The highest BCUT2D eigenvalue weighted by molar-refractivity contribution is 5.94. The highest BCUT2D eigenvalue weighted by Crippen LogP contribution is 2.15. The molecule has 0 radical (unpaired) electrons. The van der Waals surface area contributed by atoms with Gasteiger partial charge in [0.1, 0.15) is 5.82 Å². The molecule has 0 unspecified atom stereocenters. The van der Waals surface area contributed by atoms with Crippen molar-refractivity contribution in [3.63, 3.8) is 0 Å². The van der Waals surface area contributed by atoms with E-state index in [1.54, 1.807) is 38.2 Å². The number of carbonyl (C=O) groups excluding carboxylic acids is 1. The van der Waals surface area contributed by atoms with Crippen LogP contribution in [0.3, 0.4) is 0 Å². The Kier molecular flexibility index (Phi) is 4.61. The fourth-order valence-corrected chi connectivity index (χ4v) is 2.68. The normalized spacial score (nSPS) is 10.8. The number of rotatable bonds is 4. The number of benzene rings is 1. The number of pyridine rings is 2. The molecule has 6 heteroatoms. The Labute approximate surface area is 143 Å². The molecule has 25 heavy (non-hydrogen) atoms. The van der Waals surface area contributed by atoms with E-state index in [4.69, 9.17) is 4.74 Å². The Morgan fingerprint density at radius 3 is 2.80 bits per heavy atom. The van der Waals surface area contributed by atoms with Crippen molar-refractivity contribution in [2.45, 2.75) is 20.4 Å². The first-order valence-electron chi connectivity index (χ1n) is 7.92. The highest BCUT2D eigenvalue weighted by atomic mass is 19.1. The van der Waals surface area contributed by atoms with E-state index >= 15 is 0 Å². The predicted octanol–water partition coefficient (Wildman–Crippen LogP) is 3.07. The molecule has 0 bridgehead atoms. The smallest absolute Gasteiger partial charge is 0.339 e. The third-order valence-corrected chi connectivity index (χ3v) is 3.88. The van der Waals surface area contributed by atoms with E-state index in [2.05, 4.69) is 4.98 Å². The molecule has 3 aromatic rings. The van der Waals surface area contributed by atoms with Gasteiger partial charge in [0.05, 0.1) is 35.3 Å². The zero-order valence-corrected chi connectivity index (χ0v) is 14.0. The summed E-state index contributed by atoms with van der Waals surface area (Å²) in [4.78, 5) is 29.1. The highest BCUT2D eigenvalue weighted by Gasteiger charge is 2.15. The molecule has 0 saturated carbocycles. The second-order valence-corrected chi connectivity index (χ2v) is 5.65. The minimum atomic E-state index is -0.505. The van der Waals surface area contributed by atoms with Gasteiger partial charge in [-0.2, -0.15) is 0 Å². The average Bonchev–Trinajstić information content (AvgIpc) is 2.57. The van der Waals surface area contributed by atoms with Gasteiger partial charge in [-0.1, -0.05) is 12.1 Å². The van der Waals surface area contributed by atoms with Crippen LogP contribution in [0.2, 0.25) is 0 Å². The van der Waals surface area contributed by atoms with E-state index in [0.29, 0.717) is 22.2 Å². The Balaban J connectivity index is 2.07. The van der Waals surface area contributed by atoms with Crippen molar-refractivity contribution in [2.75, 3.05) is 6.61 Å². The number of aromatic nitrogens is 2. The Hall–Kier alpha value is -3.02. The van der Waals surface area contributed by atoms with Gasteiger partial charge < -0.3 is 9.30 Å². The molecule has 2 aromatic heterocycles. The first-order valence-corrected chi connectivity index (χ1v) is 7.92. The van der Waals surface area contributed by atoms with Gasteiger partial charge in [0.2, 0.25) is 0 Å². The molecule has 1 aromatic carbocycles. The summed E-state index contributed by atoms with van der Waals surface area (Å²) in [6, 6.07) is 9.30. The van der Waals surface area contributed by atoms with Gasteiger partial charge in [0.25, 0.3) is 5.56 Å². The number of fused-ring (bicyclic) bond motifs is 1. The monoisotopic (exact) mass is 340 g/mol. The molecule has 3 rings (SSSR count). The summed E-state index contributed by atoms with van der Waals surface area (Å²) in [6.45, 7) is 3.89. The second-order valence-electron chi connectivity index (χ2n) is 5.65.